The molecule has 0 aliphatic carbocycles. The molecule has 0 radical (unpaired) electrons. The lowest BCUT2D eigenvalue weighted by Crippen LogP contribution is -2.26. The van der Waals surface area contributed by atoms with E-state index < -0.39 is 10.0 Å². The lowest BCUT2D eigenvalue weighted by Gasteiger charge is -2.13. The Morgan fingerprint density at radius 1 is 1.32 bits per heavy atom. The summed E-state index contributed by atoms with van der Waals surface area (Å²) in [5.41, 5.74) is 0. The summed E-state index contributed by atoms with van der Waals surface area (Å²) in [6.07, 6.45) is 0.746. The molecule has 0 spiro atoms. The van der Waals surface area contributed by atoms with Crippen LogP contribution in [-0.4, -0.2) is 22.1 Å². The maximum atomic E-state index is 12.2. The van der Waals surface area contributed by atoms with Gasteiger partial charge >= 0.3 is 0 Å². The minimum absolute atomic E-state index is 0.0451. The smallest absolute Gasteiger partial charge is 0.244 e. The highest BCUT2D eigenvalue weighted by molar-refractivity contribution is 7.89. The Hall–Kier alpha value is -0.490. The number of rotatable bonds is 6. The Kier molecular flexibility index (Phi) is 5.92. The van der Waals surface area contributed by atoms with Gasteiger partial charge in [-0.2, -0.15) is 0 Å². The first-order valence-corrected chi connectivity index (χ1v) is 8.04. The molecule has 1 aromatic rings. The molecule has 0 heterocycles. The van der Waals surface area contributed by atoms with E-state index in [0.29, 0.717) is 12.5 Å². The zero-order valence-electron chi connectivity index (χ0n) is 11.0. The molecule has 1 rings (SSSR count). The molecule has 0 saturated carbocycles. The van der Waals surface area contributed by atoms with Crippen LogP contribution in [0, 0.1) is 5.92 Å². The first-order chi connectivity index (χ1) is 8.77. The lowest BCUT2D eigenvalue weighted by atomic mass is 10.1. The number of hydrogen-bond donors (Lipinski definition) is 1. The fraction of sp³-hybridized carbons (Fsp3) is 0.500. The van der Waals surface area contributed by atoms with E-state index in [2.05, 4.69) is 4.72 Å². The largest absolute Gasteiger partial charge is 0.494 e. The topological polar surface area (TPSA) is 55.4 Å². The highest BCUT2D eigenvalue weighted by Crippen LogP contribution is 2.34. The second-order valence-corrected chi connectivity index (χ2v) is 7.08. The first kappa shape index (κ1) is 16.6. The van der Waals surface area contributed by atoms with Gasteiger partial charge in [0.25, 0.3) is 0 Å². The third-order valence-corrected chi connectivity index (χ3v) is 4.45. The molecule has 19 heavy (non-hydrogen) atoms. The van der Waals surface area contributed by atoms with E-state index in [4.69, 9.17) is 27.9 Å². The van der Waals surface area contributed by atoms with Crippen LogP contribution in [0.2, 0.25) is 10.0 Å². The van der Waals surface area contributed by atoms with Crippen molar-refractivity contribution in [2.24, 2.45) is 5.92 Å². The minimum Gasteiger partial charge on any atom is -0.494 e. The molecule has 0 unspecified atom stereocenters. The highest BCUT2D eigenvalue weighted by Gasteiger charge is 2.22. The molecule has 0 aliphatic rings. The van der Waals surface area contributed by atoms with E-state index in [1.54, 1.807) is 0 Å². The van der Waals surface area contributed by atoms with Crippen LogP contribution in [0.3, 0.4) is 0 Å². The summed E-state index contributed by atoms with van der Waals surface area (Å²) < 4.78 is 31.9. The number of halogens is 2. The SMILES string of the molecule is COc1c(Cl)cc(Cl)cc1S(=O)(=O)NCCC(C)C. The predicted octanol–water partition coefficient (Wildman–Crippen LogP) is 3.33. The first-order valence-electron chi connectivity index (χ1n) is 5.80. The van der Waals surface area contributed by atoms with E-state index in [-0.39, 0.29) is 20.7 Å². The Bertz CT molecular complexity index is 544. The quantitative estimate of drug-likeness (QED) is 0.872. The van der Waals surface area contributed by atoms with Gasteiger partial charge in [-0.1, -0.05) is 37.0 Å². The lowest BCUT2D eigenvalue weighted by molar-refractivity contribution is 0.402. The molecule has 108 valence electrons. The normalized spacial score (nSPS) is 11.9. The fourth-order valence-corrected chi connectivity index (χ4v) is 3.45. The van der Waals surface area contributed by atoms with Gasteiger partial charge in [-0.3, -0.25) is 0 Å². The van der Waals surface area contributed by atoms with Crippen molar-refractivity contribution in [1.82, 2.24) is 4.72 Å². The molecule has 4 nitrogen and oxygen atoms in total. The standard InChI is InChI=1S/C12H17Cl2NO3S/c1-8(2)4-5-15-19(16,17)11-7-9(13)6-10(14)12(11)18-3/h6-8,15H,4-5H2,1-3H3. The van der Waals surface area contributed by atoms with Crippen molar-refractivity contribution in [2.45, 2.75) is 25.2 Å². The maximum Gasteiger partial charge on any atom is 0.244 e. The molecule has 0 atom stereocenters. The molecule has 0 bridgehead atoms. The zero-order chi connectivity index (χ0) is 14.6. The van der Waals surface area contributed by atoms with Crippen molar-refractivity contribution < 1.29 is 13.2 Å². The second-order valence-electron chi connectivity index (χ2n) is 4.50. The predicted molar refractivity (Wildman–Crippen MR) is 77.7 cm³/mol. The third kappa shape index (κ3) is 4.53. The van der Waals surface area contributed by atoms with Crippen molar-refractivity contribution in [1.29, 1.82) is 0 Å². The van der Waals surface area contributed by atoms with Crippen LogP contribution in [0.4, 0.5) is 0 Å². The van der Waals surface area contributed by atoms with E-state index in [9.17, 15) is 8.42 Å². The summed E-state index contributed by atoms with van der Waals surface area (Å²) in [7, 11) is -2.32. The van der Waals surface area contributed by atoms with Crippen LogP contribution >= 0.6 is 23.2 Å². The van der Waals surface area contributed by atoms with Crippen LogP contribution < -0.4 is 9.46 Å². The van der Waals surface area contributed by atoms with E-state index in [1.165, 1.54) is 19.2 Å². The molecule has 0 saturated heterocycles. The number of methoxy groups -OCH3 is 1. The van der Waals surface area contributed by atoms with Gasteiger partial charge in [-0.05, 0) is 24.5 Å². The average molecular weight is 326 g/mol. The number of ether oxygens (including phenoxy) is 1. The van der Waals surface area contributed by atoms with Crippen LogP contribution in [0.1, 0.15) is 20.3 Å². The highest BCUT2D eigenvalue weighted by atomic mass is 35.5. The van der Waals surface area contributed by atoms with Crippen molar-refractivity contribution in [2.75, 3.05) is 13.7 Å². The third-order valence-electron chi connectivity index (χ3n) is 2.48. The van der Waals surface area contributed by atoms with Crippen LogP contribution in [-0.2, 0) is 10.0 Å². The zero-order valence-corrected chi connectivity index (χ0v) is 13.4. The molecule has 7 heteroatoms. The Labute approximate surface area is 124 Å². The number of hydrogen-bond acceptors (Lipinski definition) is 3. The van der Waals surface area contributed by atoms with Gasteiger partial charge in [-0.25, -0.2) is 13.1 Å². The van der Waals surface area contributed by atoms with Gasteiger partial charge in [-0.15, -0.1) is 0 Å². The molecule has 0 amide bonds. The van der Waals surface area contributed by atoms with Crippen LogP contribution in [0.5, 0.6) is 5.75 Å². The Morgan fingerprint density at radius 2 is 1.95 bits per heavy atom. The van der Waals surface area contributed by atoms with E-state index in [0.717, 1.165) is 6.42 Å². The van der Waals surface area contributed by atoms with Gasteiger partial charge in [0.1, 0.15) is 4.90 Å². The van der Waals surface area contributed by atoms with Crippen LogP contribution in [0.15, 0.2) is 17.0 Å². The molecule has 0 aromatic heterocycles. The molecular formula is C12H17Cl2NO3S. The van der Waals surface area contributed by atoms with Crippen molar-refractivity contribution in [3.05, 3.63) is 22.2 Å². The summed E-state index contributed by atoms with van der Waals surface area (Å²) in [5.74, 6) is 0.510. The molecule has 0 fully saturated rings. The second kappa shape index (κ2) is 6.79. The van der Waals surface area contributed by atoms with Gasteiger partial charge in [0.2, 0.25) is 10.0 Å². The van der Waals surface area contributed by atoms with Crippen molar-refractivity contribution in [3.63, 3.8) is 0 Å². The maximum absolute atomic E-state index is 12.2. The monoisotopic (exact) mass is 325 g/mol. The summed E-state index contributed by atoms with van der Waals surface area (Å²) >= 11 is 11.8. The fourth-order valence-electron chi connectivity index (χ4n) is 1.49. The van der Waals surface area contributed by atoms with E-state index >= 15 is 0 Å². The van der Waals surface area contributed by atoms with Gasteiger partial charge in [0.05, 0.1) is 12.1 Å². The molecular weight excluding hydrogens is 309 g/mol. The van der Waals surface area contributed by atoms with Crippen molar-refractivity contribution >= 4 is 33.2 Å². The molecule has 0 aliphatic heterocycles. The number of nitrogens with one attached hydrogen (secondary N) is 1. The molecule has 1 N–H and O–H groups in total. The van der Waals surface area contributed by atoms with Crippen molar-refractivity contribution in [3.8, 4) is 5.75 Å². The van der Waals surface area contributed by atoms with Crippen LogP contribution in [0.25, 0.3) is 0 Å². The number of benzene rings is 1. The van der Waals surface area contributed by atoms with Gasteiger partial charge in [0, 0.05) is 11.6 Å². The summed E-state index contributed by atoms with van der Waals surface area (Å²) in [4.78, 5) is -0.0451. The summed E-state index contributed by atoms with van der Waals surface area (Å²) in [6, 6.07) is 2.76. The Morgan fingerprint density at radius 3 is 2.47 bits per heavy atom. The number of sulfonamides is 1. The van der Waals surface area contributed by atoms with Gasteiger partial charge < -0.3 is 4.74 Å². The summed E-state index contributed by atoms with van der Waals surface area (Å²) in [5, 5.41) is 0.411. The summed E-state index contributed by atoms with van der Waals surface area (Å²) in [6.45, 7) is 4.39. The van der Waals surface area contributed by atoms with Gasteiger partial charge in [0.15, 0.2) is 5.75 Å². The molecule has 1 aromatic carbocycles. The minimum atomic E-state index is -3.69. The Balaban J connectivity index is 3.07. The average Bonchev–Trinajstić information content (AvgIpc) is 2.27. The van der Waals surface area contributed by atoms with E-state index in [1.807, 2.05) is 13.8 Å².